The quantitative estimate of drug-likeness (QED) is 0.846. The van der Waals surface area contributed by atoms with Crippen molar-refractivity contribution in [3.8, 4) is 11.3 Å². The van der Waals surface area contributed by atoms with Gasteiger partial charge in [0.1, 0.15) is 0 Å². The van der Waals surface area contributed by atoms with Crippen LogP contribution in [0, 0.1) is 17.5 Å². The first kappa shape index (κ1) is 13.4. The van der Waals surface area contributed by atoms with Crippen LogP contribution in [-0.2, 0) is 0 Å². The summed E-state index contributed by atoms with van der Waals surface area (Å²) in [6, 6.07) is 5.30. The van der Waals surface area contributed by atoms with Gasteiger partial charge in [0.15, 0.2) is 17.5 Å². The van der Waals surface area contributed by atoms with Gasteiger partial charge in [-0.25, -0.2) is 13.2 Å². The third-order valence-corrected chi connectivity index (χ3v) is 2.62. The monoisotopic (exact) mass is 266 g/mol. The highest BCUT2D eigenvalue weighted by Gasteiger charge is 2.12. The molecule has 1 aromatic heterocycles. The van der Waals surface area contributed by atoms with Crippen LogP contribution >= 0.6 is 0 Å². The lowest BCUT2D eigenvalue weighted by atomic mass is 10.1. The summed E-state index contributed by atoms with van der Waals surface area (Å²) in [7, 11) is 0. The molecule has 2 rings (SSSR count). The van der Waals surface area contributed by atoms with Crippen LogP contribution in [0.2, 0.25) is 0 Å². The minimum atomic E-state index is -1.47. The van der Waals surface area contributed by atoms with Crippen LogP contribution in [0.15, 0.2) is 30.5 Å². The largest absolute Gasteiger partial charge is 0.385 e. The predicted octanol–water partition coefficient (Wildman–Crippen LogP) is 3.99. The van der Waals surface area contributed by atoms with Gasteiger partial charge in [-0.1, -0.05) is 6.92 Å². The number of aromatic nitrogens is 1. The molecule has 0 fully saturated rings. The Bertz CT molecular complexity index is 562. The first-order chi connectivity index (χ1) is 9.11. The second kappa shape index (κ2) is 5.73. The molecular formula is C14H13F3N2. The van der Waals surface area contributed by atoms with Crippen molar-refractivity contribution >= 4 is 5.69 Å². The van der Waals surface area contributed by atoms with Crippen LogP contribution < -0.4 is 5.32 Å². The average molecular weight is 266 g/mol. The van der Waals surface area contributed by atoms with Crippen molar-refractivity contribution in [1.29, 1.82) is 0 Å². The molecule has 0 bridgehead atoms. The van der Waals surface area contributed by atoms with Gasteiger partial charge >= 0.3 is 0 Å². The number of nitrogens with one attached hydrogen (secondary N) is 1. The van der Waals surface area contributed by atoms with Crippen molar-refractivity contribution in [1.82, 2.24) is 4.98 Å². The standard InChI is InChI=1S/C14H13F3N2/c1-2-4-18-10-3-5-19-13(8-10)9-6-11(15)14(17)12(16)7-9/h3,5-8H,2,4H2,1H3,(H,18,19). The molecule has 2 aromatic rings. The fourth-order valence-corrected chi connectivity index (χ4v) is 1.67. The molecule has 5 heteroatoms. The Morgan fingerprint density at radius 1 is 1.11 bits per heavy atom. The van der Waals surface area contributed by atoms with Gasteiger partial charge in [-0.05, 0) is 30.7 Å². The second-order valence-electron chi connectivity index (χ2n) is 4.11. The van der Waals surface area contributed by atoms with E-state index < -0.39 is 17.5 Å². The van der Waals surface area contributed by atoms with Crippen LogP contribution in [0.1, 0.15) is 13.3 Å². The van der Waals surface area contributed by atoms with E-state index in [0.29, 0.717) is 5.69 Å². The van der Waals surface area contributed by atoms with Crippen LogP contribution in [0.25, 0.3) is 11.3 Å². The Hall–Kier alpha value is -2.04. The molecule has 0 atom stereocenters. The Kier molecular flexibility index (Phi) is 4.04. The molecule has 0 spiro atoms. The van der Waals surface area contributed by atoms with Crippen LogP contribution in [-0.4, -0.2) is 11.5 Å². The molecule has 2 nitrogen and oxygen atoms in total. The third kappa shape index (κ3) is 3.05. The number of pyridine rings is 1. The summed E-state index contributed by atoms with van der Waals surface area (Å²) in [5.41, 5.74) is 1.40. The van der Waals surface area contributed by atoms with Crippen molar-refractivity contribution < 1.29 is 13.2 Å². The van der Waals surface area contributed by atoms with E-state index in [2.05, 4.69) is 10.3 Å². The van der Waals surface area contributed by atoms with Gasteiger partial charge < -0.3 is 5.32 Å². The second-order valence-corrected chi connectivity index (χ2v) is 4.11. The molecule has 0 saturated heterocycles. The maximum Gasteiger partial charge on any atom is 0.194 e. The smallest absolute Gasteiger partial charge is 0.194 e. The van der Waals surface area contributed by atoms with Crippen molar-refractivity contribution in [2.24, 2.45) is 0 Å². The SMILES string of the molecule is CCCNc1ccnc(-c2cc(F)c(F)c(F)c2)c1. The fourth-order valence-electron chi connectivity index (χ4n) is 1.67. The number of hydrogen-bond donors (Lipinski definition) is 1. The fraction of sp³-hybridized carbons (Fsp3) is 0.214. The van der Waals surface area contributed by atoms with Crippen LogP contribution in [0.5, 0.6) is 0 Å². The van der Waals surface area contributed by atoms with E-state index >= 15 is 0 Å². The van der Waals surface area contributed by atoms with E-state index in [9.17, 15) is 13.2 Å². The maximum atomic E-state index is 13.2. The normalized spacial score (nSPS) is 10.5. The van der Waals surface area contributed by atoms with E-state index in [1.807, 2.05) is 6.92 Å². The Labute approximate surface area is 109 Å². The molecule has 0 amide bonds. The van der Waals surface area contributed by atoms with E-state index in [-0.39, 0.29) is 5.56 Å². The number of anilines is 1. The van der Waals surface area contributed by atoms with Gasteiger partial charge in [-0.3, -0.25) is 4.98 Å². The summed E-state index contributed by atoms with van der Waals surface area (Å²) in [6.45, 7) is 2.81. The van der Waals surface area contributed by atoms with Crippen LogP contribution in [0.3, 0.4) is 0 Å². The minimum Gasteiger partial charge on any atom is -0.385 e. The molecule has 0 radical (unpaired) electrons. The topological polar surface area (TPSA) is 24.9 Å². The number of nitrogens with zero attached hydrogens (tertiary/aromatic N) is 1. The van der Waals surface area contributed by atoms with E-state index in [1.54, 1.807) is 12.1 Å². The van der Waals surface area contributed by atoms with E-state index in [0.717, 1.165) is 30.8 Å². The number of hydrogen-bond acceptors (Lipinski definition) is 2. The molecule has 1 heterocycles. The first-order valence-corrected chi connectivity index (χ1v) is 5.96. The van der Waals surface area contributed by atoms with E-state index in [1.165, 1.54) is 6.20 Å². The van der Waals surface area contributed by atoms with Crippen LogP contribution in [0.4, 0.5) is 18.9 Å². The molecule has 1 N–H and O–H groups in total. The molecule has 0 unspecified atom stereocenters. The Balaban J connectivity index is 2.36. The van der Waals surface area contributed by atoms with Gasteiger partial charge in [0.25, 0.3) is 0 Å². The van der Waals surface area contributed by atoms with Crippen molar-refractivity contribution in [3.05, 3.63) is 47.9 Å². The molecule has 0 aliphatic heterocycles. The highest BCUT2D eigenvalue weighted by atomic mass is 19.2. The summed E-state index contributed by atoms with van der Waals surface area (Å²) in [6.07, 6.45) is 2.49. The average Bonchev–Trinajstić information content (AvgIpc) is 2.42. The van der Waals surface area contributed by atoms with Gasteiger partial charge in [0.2, 0.25) is 0 Å². The first-order valence-electron chi connectivity index (χ1n) is 5.96. The lowest BCUT2D eigenvalue weighted by Gasteiger charge is -2.07. The third-order valence-electron chi connectivity index (χ3n) is 2.62. The lowest BCUT2D eigenvalue weighted by Crippen LogP contribution is -2.00. The van der Waals surface area contributed by atoms with Gasteiger partial charge in [-0.2, -0.15) is 0 Å². The molecule has 100 valence electrons. The molecule has 1 aromatic carbocycles. The predicted molar refractivity (Wildman–Crippen MR) is 68.3 cm³/mol. The van der Waals surface area contributed by atoms with Crippen molar-refractivity contribution in [2.75, 3.05) is 11.9 Å². The number of benzene rings is 1. The maximum absolute atomic E-state index is 13.2. The zero-order valence-electron chi connectivity index (χ0n) is 10.4. The van der Waals surface area contributed by atoms with E-state index in [4.69, 9.17) is 0 Å². The molecule has 19 heavy (non-hydrogen) atoms. The zero-order chi connectivity index (χ0) is 13.8. The molecule has 0 aliphatic carbocycles. The lowest BCUT2D eigenvalue weighted by molar-refractivity contribution is 0.447. The number of halogens is 3. The van der Waals surface area contributed by atoms with Gasteiger partial charge in [0, 0.05) is 24.0 Å². The highest BCUT2D eigenvalue weighted by Crippen LogP contribution is 2.24. The summed E-state index contributed by atoms with van der Waals surface area (Å²) in [5.74, 6) is -3.91. The zero-order valence-corrected chi connectivity index (χ0v) is 10.4. The molecule has 0 saturated carbocycles. The Morgan fingerprint density at radius 2 is 1.79 bits per heavy atom. The summed E-state index contributed by atoms with van der Waals surface area (Å²) in [5, 5.41) is 3.14. The summed E-state index contributed by atoms with van der Waals surface area (Å²) >= 11 is 0. The van der Waals surface area contributed by atoms with Gasteiger partial charge in [-0.15, -0.1) is 0 Å². The Morgan fingerprint density at radius 3 is 2.42 bits per heavy atom. The molecular weight excluding hydrogens is 253 g/mol. The van der Waals surface area contributed by atoms with Crippen molar-refractivity contribution in [3.63, 3.8) is 0 Å². The minimum absolute atomic E-state index is 0.205. The summed E-state index contributed by atoms with van der Waals surface area (Å²) < 4.78 is 39.2. The number of rotatable bonds is 4. The van der Waals surface area contributed by atoms with Crippen molar-refractivity contribution in [2.45, 2.75) is 13.3 Å². The van der Waals surface area contributed by atoms with Gasteiger partial charge in [0.05, 0.1) is 5.69 Å². The summed E-state index contributed by atoms with van der Waals surface area (Å²) in [4.78, 5) is 4.03. The highest BCUT2D eigenvalue weighted by molar-refractivity contribution is 5.64. The molecule has 0 aliphatic rings.